The standard InChI is InChI=1S/C16H14ClFN2O5/c1-9(25-14-5-3-10(18)7-12(14)17)16(21)19-13-8-11(20(22)23)4-6-15(13)24-2/h3-9H,1-2H3,(H,19,21). The number of nitrogens with one attached hydrogen (secondary N) is 1. The Morgan fingerprint density at radius 2 is 1.96 bits per heavy atom. The molecule has 0 bridgehead atoms. The van der Waals surface area contributed by atoms with Gasteiger partial charge in [0.05, 0.1) is 22.7 Å². The van der Waals surface area contributed by atoms with Crippen molar-refractivity contribution in [3.05, 3.63) is 57.4 Å². The molecule has 0 spiro atoms. The predicted molar refractivity (Wildman–Crippen MR) is 89.8 cm³/mol. The van der Waals surface area contributed by atoms with Crippen LogP contribution in [0.25, 0.3) is 0 Å². The molecule has 2 aromatic rings. The highest BCUT2D eigenvalue weighted by Gasteiger charge is 2.20. The van der Waals surface area contributed by atoms with Gasteiger partial charge in [0.15, 0.2) is 6.10 Å². The minimum absolute atomic E-state index is 0.0209. The van der Waals surface area contributed by atoms with Crippen LogP contribution in [-0.2, 0) is 4.79 Å². The number of hydrogen-bond donors (Lipinski definition) is 1. The van der Waals surface area contributed by atoms with Crippen LogP contribution in [0.5, 0.6) is 11.5 Å². The van der Waals surface area contributed by atoms with Crippen LogP contribution in [0, 0.1) is 15.9 Å². The minimum atomic E-state index is -0.994. The van der Waals surface area contributed by atoms with Crippen molar-refractivity contribution in [2.75, 3.05) is 12.4 Å². The number of methoxy groups -OCH3 is 1. The van der Waals surface area contributed by atoms with Crippen LogP contribution in [0.3, 0.4) is 0 Å². The van der Waals surface area contributed by atoms with Crippen molar-refractivity contribution >= 4 is 28.9 Å². The number of hydrogen-bond acceptors (Lipinski definition) is 5. The molecular formula is C16H14ClFN2O5. The van der Waals surface area contributed by atoms with Gasteiger partial charge in [0.25, 0.3) is 11.6 Å². The summed E-state index contributed by atoms with van der Waals surface area (Å²) >= 11 is 5.85. The van der Waals surface area contributed by atoms with E-state index in [1.165, 1.54) is 38.3 Å². The zero-order chi connectivity index (χ0) is 18.6. The smallest absolute Gasteiger partial charge is 0.271 e. The van der Waals surface area contributed by atoms with Gasteiger partial charge >= 0.3 is 0 Å². The van der Waals surface area contributed by atoms with Crippen LogP contribution in [0.2, 0.25) is 5.02 Å². The quantitative estimate of drug-likeness (QED) is 0.618. The van der Waals surface area contributed by atoms with Gasteiger partial charge in [0, 0.05) is 12.1 Å². The van der Waals surface area contributed by atoms with E-state index in [2.05, 4.69) is 5.32 Å². The van der Waals surface area contributed by atoms with Gasteiger partial charge in [-0.1, -0.05) is 11.6 Å². The molecule has 2 aromatic carbocycles. The number of nitrogens with zero attached hydrogens (tertiary/aromatic N) is 1. The first kappa shape index (κ1) is 18.5. The summed E-state index contributed by atoms with van der Waals surface area (Å²) in [5.74, 6) is -0.724. The normalized spacial score (nSPS) is 11.5. The third-order valence-corrected chi connectivity index (χ3v) is 3.51. The van der Waals surface area contributed by atoms with Gasteiger partial charge in [-0.2, -0.15) is 0 Å². The van der Waals surface area contributed by atoms with Crippen molar-refractivity contribution in [2.45, 2.75) is 13.0 Å². The molecule has 7 nitrogen and oxygen atoms in total. The fourth-order valence-electron chi connectivity index (χ4n) is 1.96. The maximum atomic E-state index is 13.0. The molecule has 0 aliphatic carbocycles. The second kappa shape index (κ2) is 7.80. The lowest BCUT2D eigenvalue weighted by molar-refractivity contribution is -0.384. The van der Waals surface area contributed by atoms with Crippen LogP contribution < -0.4 is 14.8 Å². The van der Waals surface area contributed by atoms with E-state index >= 15 is 0 Å². The third-order valence-electron chi connectivity index (χ3n) is 3.22. The molecule has 25 heavy (non-hydrogen) atoms. The van der Waals surface area contributed by atoms with Crippen molar-refractivity contribution in [1.29, 1.82) is 0 Å². The third kappa shape index (κ3) is 4.57. The van der Waals surface area contributed by atoms with E-state index in [1.807, 2.05) is 0 Å². The summed E-state index contributed by atoms with van der Waals surface area (Å²) in [5.41, 5.74) is -0.0754. The minimum Gasteiger partial charge on any atom is -0.495 e. The van der Waals surface area contributed by atoms with Gasteiger partial charge in [0.2, 0.25) is 0 Å². The molecule has 0 aliphatic heterocycles. The predicted octanol–water partition coefficient (Wildman–Crippen LogP) is 3.80. The number of non-ortho nitro benzene ring substituents is 1. The largest absolute Gasteiger partial charge is 0.495 e. The molecule has 0 heterocycles. The Labute approximate surface area is 147 Å². The van der Waals surface area contributed by atoms with Crippen LogP contribution >= 0.6 is 11.6 Å². The second-order valence-corrected chi connectivity index (χ2v) is 5.37. The van der Waals surface area contributed by atoms with Crippen molar-refractivity contribution in [2.24, 2.45) is 0 Å². The number of benzene rings is 2. The SMILES string of the molecule is COc1ccc([N+](=O)[O-])cc1NC(=O)C(C)Oc1ccc(F)cc1Cl. The fourth-order valence-corrected chi connectivity index (χ4v) is 2.17. The molecule has 1 unspecified atom stereocenters. The van der Waals surface area contributed by atoms with Gasteiger partial charge in [-0.15, -0.1) is 0 Å². The highest BCUT2D eigenvalue weighted by atomic mass is 35.5. The number of ether oxygens (including phenoxy) is 2. The molecule has 0 aromatic heterocycles. The highest BCUT2D eigenvalue weighted by molar-refractivity contribution is 6.32. The number of amides is 1. The lowest BCUT2D eigenvalue weighted by Gasteiger charge is -2.16. The topological polar surface area (TPSA) is 90.7 Å². The molecule has 0 radical (unpaired) electrons. The molecule has 2 rings (SSSR count). The molecule has 0 fully saturated rings. The van der Waals surface area contributed by atoms with E-state index in [0.29, 0.717) is 0 Å². The Hall–Kier alpha value is -2.87. The number of halogens is 2. The van der Waals surface area contributed by atoms with Crippen molar-refractivity contribution in [1.82, 2.24) is 0 Å². The summed E-state index contributed by atoms with van der Waals surface area (Å²) in [5, 5.41) is 13.4. The van der Waals surface area contributed by atoms with E-state index < -0.39 is 22.8 Å². The zero-order valence-electron chi connectivity index (χ0n) is 13.3. The van der Waals surface area contributed by atoms with Gasteiger partial charge in [-0.3, -0.25) is 14.9 Å². The number of nitro benzene ring substituents is 1. The van der Waals surface area contributed by atoms with E-state index in [0.717, 1.165) is 12.1 Å². The first-order chi connectivity index (χ1) is 11.8. The lowest BCUT2D eigenvalue weighted by atomic mass is 10.2. The van der Waals surface area contributed by atoms with E-state index in [9.17, 15) is 19.3 Å². The fraction of sp³-hybridized carbons (Fsp3) is 0.188. The summed E-state index contributed by atoms with van der Waals surface area (Å²) in [6.07, 6.45) is -0.994. The van der Waals surface area contributed by atoms with Crippen molar-refractivity contribution < 1.29 is 23.6 Å². The van der Waals surface area contributed by atoms with Crippen LogP contribution in [0.1, 0.15) is 6.92 Å². The molecule has 0 aliphatic rings. The van der Waals surface area contributed by atoms with E-state index in [4.69, 9.17) is 21.1 Å². The molecule has 0 saturated heterocycles. The van der Waals surface area contributed by atoms with Crippen LogP contribution in [-0.4, -0.2) is 24.0 Å². The summed E-state index contributed by atoms with van der Waals surface area (Å²) in [7, 11) is 1.37. The Bertz CT molecular complexity index is 815. The molecule has 132 valence electrons. The zero-order valence-corrected chi connectivity index (χ0v) is 14.0. The molecular weight excluding hydrogens is 355 g/mol. The highest BCUT2D eigenvalue weighted by Crippen LogP contribution is 2.30. The first-order valence-corrected chi connectivity index (χ1v) is 7.44. The van der Waals surface area contributed by atoms with Gasteiger partial charge < -0.3 is 14.8 Å². The second-order valence-electron chi connectivity index (χ2n) is 4.97. The maximum absolute atomic E-state index is 13.0. The van der Waals surface area contributed by atoms with Crippen molar-refractivity contribution in [3.63, 3.8) is 0 Å². The monoisotopic (exact) mass is 368 g/mol. The van der Waals surface area contributed by atoms with Gasteiger partial charge in [0.1, 0.15) is 17.3 Å². The number of carbonyl (C=O) groups excluding carboxylic acids is 1. The molecule has 1 atom stereocenters. The van der Waals surface area contributed by atoms with E-state index in [-0.39, 0.29) is 27.9 Å². The van der Waals surface area contributed by atoms with Crippen molar-refractivity contribution in [3.8, 4) is 11.5 Å². The van der Waals surface area contributed by atoms with E-state index in [1.54, 1.807) is 0 Å². The van der Waals surface area contributed by atoms with Gasteiger partial charge in [-0.05, 0) is 31.2 Å². The Balaban J connectivity index is 2.15. The van der Waals surface area contributed by atoms with Crippen LogP contribution in [0.15, 0.2) is 36.4 Å². The Morgan fingerprint density at radius 3 is 2.56 bits per heavy atom. The maximum Gasteiger partial charge on any atom is 0.271 e. The lowest BCUT2D eigenvalue weighted by Crippen LogP contribution is -2.30. The number of carbonyl (C=O) groups is 1. The number of rotatable bonds is 6. The van der Waals surface area contributed by atoms with Crippen LogP contribution in [0.4, 0.5) is 15.8 Å². The molecule has 1 N–H and O–H groups in total. The molecule has 0 saturated carbocycles. The summed E-state index contributed by atoms with van der Waals surface area (Å²) < 4.78 is 23.5. The van der Waals surface area contributed by atoms with Gasteiger partial charge in [-0.25, -0.2) is 4.39 Å². The average Bonchev–Trinajstić information content (AvgIpc) is 2.57. The average molecular weight is 369 g/mol. The summed E-state index contributed by atoms with van der Waals surface area (Å²) in [6.45, 7) is 1.46. The first-order valence-electron chi connectivity index (χ1n) is 7.07. The summed E-state index contributed by atoms with van der Waals surface area (Å²) in [4.78, 5) is 22.5. The molecule has 9 heteroatoms. The molecule has 1 amide bonds. The number of nitro groups is 1. The Kier molecular flexibility index (Phi) is 5.76. The number of anilines is 1. The summed E-state index contributed by atoms with van der Waals surface area (Å²) in [6, 6.07) is 7.31. The Morgan fingerprint density at radius 1 is 1.28 bits per heavy atom.